The van der Waals surface area contributed by atoms with Crippen molar-refractivity contribution in [3.05, 3.63) is 70.2 Å². The Hall–Kier alpha value is -2.33. The number of carbonyl (C=O) groups is 2. The molecule has 5 heteroatoms. The number of amides is 1. The Morgan fingerprint density at radius 2 is 1.62 bits per heavy atom. The van der Waals surface area contributed by atoms with Gasteiger partial charge in [-0.05, 0) is 40.8 Å². The second-order valence-corrected chi connectivity index (χ2v) is 7.64. The van der Waals surface area contributed by atoms with Crippen LogP contribution in [0.25, 0.3) is 0 Å². The van der Waals surface area contributed by atoms with Crippen LogP contribution in [0, 0.1) is 0 Å². The molecular weight excluding hydrogens is 350 g/mol. The van der Waals surface area contributed by atoms with Crippen LogP contribution >= 0.6 is 11.6 Å². The van der Waals surface area contributed by atoms with Crippen LogP contribution < -0.4 is 5.32 Å². The number of ether oxygens (including phenoxy) is 1. The Labute approximate surface area is 159 Å². The molecule has 0 heterocycles. The van der Waals surface area contributed by atoms with E-state index in [1.54, 1.807) is 24.3 Å². The van der Waals surface area contributed by atoms with E-state index in [2.05, 4.69) is 26.1 Å². The van der Waals surface area contributed by atoms with Gasteiger partial charge in [-0.15, -0.1) is 0 Å². The fourth-order valence-electron chi connectivity index (χ4n) is 2.55. The van der Waals surface area contributed by atoms with Gasteiger partial charge < -0.3 is 10.1 Å². The maximum Gasteiger partial charge on any atom is 0.328 e. The zero-order valence-electron chi connectivity index (χ0n) is 15.5. The highest BCUT2D eigenvalue weighted by Gasteiger charge is 2.23. The van der Waals surface area contributed by atoms with Gasteiger partial charge in [0.25, 0.3) is 5.91 Å². The number of halogens is 1. The molecule has 2 aromatic rings. The molecule has 0 aliphatic rings. The molecule has 0 radical (unpaired) electrons. The molecule has 0 aliphatic heterocycles. The van der Waals surface area contributed by atoms with Crippen molar-refractivity contribution in [2.45, 2.75) is 38.6 Å². The maximum atomic E-state index is 12.5. The molecule has 1 N–H and O–H groups in total. The van der Waals surface area contributed by atoms with Crippen LogP contribution in [0.5, 0.6) is 0 Å². The Kier molecular flexibility index (Phi) is 6.43. The smallest absolute Gasteiger partial charge is 0.328 e. The van der Waals surface area contributed by atoms with Crippen LogP contribution in [-0.2, 0) is 21.4 Å². The van der Waals surface area contributed by atoms with E-state index in [9.17, 15) is 9.59 Å². The third-order valence-electron chi connectivity index (χ3n) is 4.16. The zero-order valence-corrected chi connectivity index (χ0v) is 16.3. The Bertz CT molecular complexity index is 761. The SMILES string of the molecule is COC(=O)[C@H](Cc1ccc(Cl)cc1)NC(=O)c1ccc(C(C)(C)C)cc1. The number of carbonyl (C=O) groups excluding carboxylic acids is 2. The standard InChI is InChI=1S/C21H24ClNO3/c1-21(2,3)16-9-7-15(8-10-16)19(24)23-18(20(25)26-4)13-14-5-11-17(22)12-6-14/h5-12,18H,13H2,1-4H3,(H,23,24)/t18-/m0/s1. The van der Waals surface area contributed by atoms with Gasteiger partial charge in [-0.25, -0.2) is 4.79 Å². The van der Waals surface area contributed by atoms with Crippen molar-refractivity contribution in [2.24, 2.45) is 0 Å². The van der Waals surface area contributed by atoms with Crippen molar-refractivity contribution in [3.63, 3.8) is 0 Å². The van der Waals surface area contributed by atoms with Crippen molar-refractivity contribution in [3.8, 4) is 0 Å². The minimum Gasteiger partial charge on any atom is -0.467 e. The van der Waals surface area contributed by atoms with Crippen LogP contribution in [0.1, 0.15) is 42.3 Å². The number of rotatable bonds is 5. The summed E-state index contributed by atoms with van der Waals surface area (Å²) in [6.45, 7) is 6.34. The quantitative estimate of drug-likeness (QED) is 0.801. The molecule has 0 aliphatic carbocycles. The summed E-state index contributed by atoms with van der Waals surface area (Å²) in [6.07, 6.45) is 0.329. The molecule has 2 aromatic carbocycles. The average Bonchev–Trinajstić information content (AvgIpc) is 2.61. The number of nitrogens with one attached hydrogen (secondary N) is 1. The van der Waals surface area contributed by atoms with Gasteiger partial charge in [0.2, 0.25) is 0 Å². The summed E-state index contributed by atoms with van der Waals surface area (Å²) in [7, 11) is 1.31. The molecular formula is C21H24ClNO3. The fraction of sp³-hybridized carbons (Fsp3) is 0.333. The normalized spacial score (nSPS) is 12.3. The maximum absolute atomic E-state index is 12.5. The van der Waals surface area contributed by atoms with Gasteiger partial charge in [0, 0.05) is 17.0 Å². The lowest BCUT2D eigenvalue weighted by Crippen LogP contribution is -2.43. The second-order valence-electron chi connectivity index (χ2n) is 7.21. The monoisotopic (exact) mass is 373 g/mol. The van der Waals surface area contributed by atoms with Gasteiger partial charge in [-0.1, -0.05) is 56.6 Å². The van der Waals surface area contributed by atoms with E-state index in [0.717, 1.165) is 11.1 Å². The molecule has 1 amide bonds. The molecule has 2 rings (SSSR count). The van der Waals surface area contributed by atoms with E-state index in [4.69, 9.17) is 16.3 Å². The minimum absolute atomic E-state index is 0.0120. The Morgan fingerprint density at radius 1 is 1.04 bits per heavy atom. The van der Waals surface area contributed by atoms with E-state index in [1.807, 2.05) is 24.3 Å². The van der Waals surface area contributed by atoms with Gasteiger partial charge in [0.1, 0.15) is 6.04 Å². The van der Waals surface area contributed by atoms with Crippen molar-refractivity contribution in [2.75, 3.05) is 7.11 Å². The number of benzene rings is 2. The molecule has 0 aromatic heterocycles. The van der Waals surface area contributed by atoms with Gasteiger partial charge in [0.15, 0.2) is 0 Å². The molecule has 4 nitrogen and oxygen atoms in total. The van der Waals surface area contributed by atoms with Gasteiger partial charge in [-0.3, -0.25) is 4.79 Å². The largest absolute Gasteiger partial charge is 0.467 e. The Morgan fingerprint density at radius 3 is 2.12 bits per heavy atom. The summed E-state index contributed by atoms with van der Waals surface area (Å²) in [5.74, 6) is -0.797. The molecule has 0 saturated heterocycles. The van der Waals surface area contributed by atoms with Crippen molar-refractivity contribution < 1.29 is 14.3 Å². The number of esters is 1. The fourth-order valence-corrected chi connectivity index (χ4v) is 2.68. The summed E-state index contributed by atoms with van der Waals surface area (Å²) in [5, 5.41) is 3.38. The van der Waals surface area contributed by atoms with E-state index < -0.39 is 12.0 Å². The first-order valence-electron chi connectivity index (χ1n) is 8.44. The van der Waals surface area contributed by atoms with E-state index in [1.165, 1.54) is 7.11 Å². The first-order valence-corrected chi connectivity index (χ1v) is 8.82. The topological polar surface area (TPSA) is 55.4 Å². The zero-order chi connectivity index (χ0) is 19.3. The van der Waals surface area contributed by atoms with Crippen molar-refractivity contribution in [1.29, 1.82) is 0 Å². The lowest BCUT2D eigenvalue weighted by atomic mass is 9.86. The predicted molar refractivity (Wildman–Crippen MR) is 104 cm³/mol. The summed E-state index contributed by atoms with van der Waals surface area (Å²) in [4.78, 5) is 24.6. The lowest BCUT2D eigenvalue weighted by Gasteiger charge is -2.20. The summed E-state index contributed by atoms with van der Waals surface area (Å²) >= 11 is 5.89. The Balaban J connectivity index is 2.13. The lowest BCUT2D eigenvalue weighted by molar-refractivity contribution is -0.142. The predicted octanol–water partition coefficient (Wildman–Crippen LogP) is 4.15. The molecule has 0 unspecified atom stereocenters. The van der Waals surface area contributed by atoms with Gasteiger partial charge >= 0.3 is 5.97 Å². The molecule has 26 heavy (non-hydrogen) atoms. The third-order valence-corrected chi connectivity index (χ3v) is 4.41. The first-order chi connectivity index (χ1) is 12.2. The first kappa shape index (κ1) is 20.0. The number of hydrogen-bond acceptors (Lipinski definition) is 3. The van der Waals surface area contributed by atoms with Gasteiger partial charge in [0.05, 0.1) is 7.11 Å². The van der Waals surface area contributed by atoms with E-state index in [0.29, 0.717) is 17.0 Å². The number of methoxy groups -OCH3 is 1. The second kappa shape index (κ2) is 8.37. The summed E-state index contributed by atoms with van der Waals surface area (Å²) < 4.78 is 4.83. The van der Waals surface area contributed by atoms with Crippen LogP contribution in [0.3, 0.4) is 0 Å². The van der Waals surface area contributed by atoms with Crippen molar-refractivity contribution >= 4 is 23.5 Å². The molecule has 0 fully saturated rings. The molecule has 0 bridgehead atoms. The molecule has 138 valence electrons. The summed E-state index contributed by atoms with van der Waals surface area (Å²) in [5.41, 5.74) is 2.54. The van der Waals surface area contributed by atoms with E-state index in [-0.39, 0.29) is 11.3 Å². The highest BCUT2D eigenvalue weighted by Crippen LogP contribution is 2.22. The summed E-state index contributed by atoms with van der Waals surface area (Å²) in [6, 6.07) is 13.8. The van der Waals surface area contributed by atoms with Crippen molar-refractivity contribution in [1.82, 2.24) is 5.32 Å². The third kappa shape index (κ3) is 5.33. The van der Waals surface area contributed by atoms with Crippen LogP contribution in [-0.4, -0.2) is 25.0 Å². The van der Waals surface area contributed by atoms with Gasteiger partial charge in [-0.2, -0.15) is 0 Å². The van der Waals surface area contributed by atoms with Crippen LogP contribution in [0.15, 0.2) is 48.5 Å². The van der Waals surface area contributed by atoms with Crippen LogP contribution in [0.2, 0.25) is 5.02 Å². The molecule has 0 saturated carbocycles. The highest BCUT2D eigenvalue weighted by atomic mass is 35.5. The average molecular weight is 374 g/mol. The number of hydrogen-bond donors (Lipinski definition) is 1. The molecule has 1 atom stereocenters. The molecule has 0 spiro atoms. The van der Waals surface area contributed by atoms with Crippen LogP contribution in [0.4, 0.5) is 0 Å². The minimum atomic E-state index is -0.768. The highest BCUT2D eigenvalue weighted by molar-refractivity contribution is 6.30. The van der Waals surface area contributed by atoms with E-state index >= 15 is 0 Å².